The van der Waals surface area contributed by atoms with E-state index >= 15 is 0 Å². The van der Waals surface area contributed by atoms with Gasteiger partial charge in [0.25, 0.3) is 20.0 Å². The molecule has 32 heavy (non-hydrogen) atoms. The Morgan fingerprint density at radius 3 is 1.66 bits per heavy atom. The van der Waals surface area contributed by atoms with Gasteiger partial charge in [0.05, 0.1) is 23.4 Å². The van der Waals surface area contributed by atoms with Gasteiger partial charge >= 0.3 is 0 Å². The molecule has 0 saturated heterocycles. The lowest BCUT2D eigenvalue weighted by atomic mass is 10.3. The number of rotatable bonds is 7. The van der Waals surface area contributed by atoms with Crippen molar-refractivity contribution < 1.29 is 39.1 Å². The number of hydrogen-bond donors (Lipinski definition) is 2. The standard InChI is InChI=1S/C19H14F4N2O5S2/c1-30-18-7-4-13(31(26,27)24-16-5-2-11(20)8-14(16)22)10-19(18)32(28,29)25-17-6-3-12(21)9-15(17)23/h2-10,24-25H,1H3. The second kappa shape index (κ2) is 8.67. The molecule has 0 aliphatic heterocycles. The summed E-state index contributed by atoms with van der Waals surface area (Å²) in [4.78, 5) is -1.30. The minimum Gasteiger partial charge on any atom is -0.495 e. The summed E-state index contributed by atoms with van der Waals surface area (Å²) >= 11 is 0. The van der Waals surface area contributed by atoms with Gasteiger partial charge in [-0.2, -0.15) is 0 Å². The third kappa shape index (κ3) is 4.94. The molecule has 3 rings (SSSR count). The average molecular weight is 490 g/mol. The van der Waals surface area contributed by atoms with Crippen LogP contribution in [0.5, 0.6) is 5.75 Å². The summed E-state index contributed by atoms with van der Waals surface area (Å²) < 4.78 is 113. The molecule has 0 aromatic heterocycles. The minimum atomic E-state index is -4.61. The summed E-state index contributed by atoms with van der Waals surface area (Å²) in [5, 5.41) is 0. The van der Waals surface area contributed by atoms with Crippen LogP contribution in [-0.2, 0) is 20.0 Å². The van der Waals surface area contributed by atoms with E-state index in [1.165, 1.54) is 0 Å². The molecular formula is C19H14F4N2O5S2. The first-order chi connectivity index (χ1) is 14.9. The van der Waals surface area contributed by atoms with Crippen molar-refractivity contribution in [1.29, 1.82) is 0 Å². The number of anilines is 2. The largest absolute Gasteiger partial charge is 0.495 e. The summed E-state index contributed by atoms with van der Waals surface area (Å²) in [6, 6.07) is 6.96. The van der Waals surface area contributed by atoms with Crippen LogP contribution in [0.15, 0.2) is 64.4 Å². The molecule has 2 N–H and O–H groups in total. The third-order valence-electron chi connectivity index (χ3n) is 4.09. The molecule has 0 aliphatic carbocycles. The Kier molecular flexibility index (Phi) is 6.32. The lowest BCUT2D eigenvalue weighted by Gasteiger charge is -2.14. The maximum Gasteiger partial charge on any atom is 0.265 e. The zero-order valence-electron chi connectivity index (χ0n) is 16.1. The summed E-state index contributed by atoms with van der Waals surface area (Å²) in [6.45, 7) is 0. The highest BCUT2D eigenvalue weighted by atomic mass is 32.2. The normalized spacial score (nSPS) is 11.8. The lowest BCUT2D eigenvalue weighted by Crippen LogP contribution is -2.18. The molecule has 170 valence electrons. The van der Waals surface area contributed by atoms with Crippen LogP contribution >= 0.6 is 0 Å². The second-order valence-electron chi connectivity index (χ2n) is 6.27. The van der Waals surface area contributed by atoms with Gasteiger partial charge in [0.1, 0.15) is 33.9 Å². The fourth-order valence-corrected chi connectivity index (χ4v) is 5.01. The molecule has 0 spiro atoms. The number of sulfonamides is 2. The fraction of sp³-hybridized carbons (Fsp3) is 0.0526. The zero-order chi connectivity index (χ0) is 23.7. The van der Waals surface area contributed by atoms with Gasteiger partial charge in [-0.05, 0) is 42.5 Å². The molecule has 0 radical (unpaired) electrons. The highest BCUT2D eigenvalue weighted by Gasteiger charge is 2.26. The smallest absolute Gasteiger partial charge is 0.265 e. The van der Waals surface area contributed by atoms with Crippen molar-refractivity contribution in [3.05, 3.63) is 77.9 Å². The van der Waals surface area contributed by atoms with Gasteiger partial charge < -0.3 is 4.74 Å². The summed E-state index contributed by atoms with van der Waals surface area (Å²) in [7, 11) is -8.02. The SMILES string of the molecule is COc1ccc(S(=O)(=O)Nc2ccc(F)cc2F)cc1S(=O)(=O)Nc1ccc(F)cc1F. The predicted octanol–water partition coefficient (Wildman–Crippen LogP) is 3.85. The van der Waals surface area contributed by atoms with Crippen molar-refractivity contribution in [3.8, 4) is 5.75 Å². The van der Waals surface area contributed by atoms with Gasteiger partial charge in [0.2, 0.25) is 0 Å². The van der Waals surface area contributed by atoms with Gasteiger partial charge in [0.15, 0.2) is 0 Å². The minimum absolute atomic E-state index is 0.285. The Labute approximate surface area is 180 Å². The van der Waals surface area contributed by atoms with E-state index < -0.39 is 64.5 Å². The van der Waals surface area contributed by atoms with Crippen LogP contribution in [0, 0.1) is 23.3 Å². The van der Waals surface area contributed by atoms with E-state index in [0.29, 0.717) is 18.2 Å². The van der Waals surface area contributed by atoms with E-state index in [1.54, 1.807) is 0 Å². The van der Waals surface area contributed by atoms with Gasteiger partial charge in [-0.1, -0.05) is 0 Å². The van der Waals surface area contributed by atoms with Crippen molar-refractivity contribution in [2.24, 2.45) is 0 Å². The van der Waals surface area contributed by atoms with E-state index in [0.717, 1.165) is 43.5 Å². The van der Waals surface area contributed by atoms with Crippen LogP contribution in [0.25, 0.3) is 0 Å². The van der Waals surface area contributed by atoms with Crippen LogP contribution < -0.4 is 14.2 Å². The Morgan fingerprint density at radius 1 is 0.688 bits per heavy atom. The van der Waals surface area contributed by atoms with Gasteiger partial charge in [-0.15, -0.1) is 0 Å². The molecule has 7 nitrogen and oxygen atoms in total. The number of nitrogens with one attached hydrogen (secondary N) is 2. The number of hydrogen-bond acceptors (Lipinski definition) is 5. The maximum absolute atomic E-state index is 13.9. The summed E-state index contributed by atoms with van der Waals surface area (Å²) in [6.07, 6.45) is 0. The van der Waals surface area contributed by atoms with E-state index in [9.17, 15) is 34.4 Å². The van der Waals surface area contributed by atoms with Crippen LogP contribution in [0.1, 0.15) is 0 Å². The second-order valence-corrected chi connectivity index (χ2v) is 9.61. The fourth-order valence-electron chi connectivity index (χ4n) is 2.58. The van der Waals surface area contributed by atoms with Crippen LogP contribution in [-0.4, -0.2) is 23.9 Å². The van der Waals surface area contributed by atoms with E-state index in [2.05, 4.69) is 0 Å². The molecule has 0 bridgehead atoms. The van der Waals surface area contributed by atoms with Crippen molar-refractivity contribution in [2.45, 2.75) is 9.79 Å². The monoisotopic (exact) mass is 490 g/mol. The molecule has 0 aliphatic rings. The van der Waals surface area contributed by atoms with Crippen LogP contribution in [0.4, 0.5) is 28.9 Å². The van der Waals surface area contributed by atoms with Gasteiger partial charge in [0, 0.05) is 12.1 Å². The molecule has 3 aromatic carbocycles. The van der Waals surface area contributed by atoms with Crippen LogP contribution in [0.3, 0.4) is 0 Å². The molecule has 3 aromatic rings. The summed E-state index contributed by atoms with van der Waals surface area (Å²) in [5.74, 6) is -4.54. The molecule has 13 heteroatoms. The van der Waals surface area contributed by atoms with Gasteiger partial charge in [-0.3, -0.25) is 9.44 Å². The number of benzene rings is 3. The molecule has 0 amide bonds. The van der Waals surface area contributed by atoms with Crippen molar-refractivity contribution in [2.75, 3.05) is 16.6 Å². The Balaban J connectivity index is 2.02. The van der Waals surface area contributed by atoms with Gasteiger partial charge in [-0.25, -0.2) is 34.4 Å². The molecular weight excluding hydrogens is 476 g/mol. The summed E-state index contributed by atoms with van der Waals surface area (Å²) in [5.41, 5.74) is -1.16. The first kappa shape index (κ1) is 23.3. The topological polar surface area (TPSA) is 102 Å². The average Bonchev–Trinajstić information content (AvgIpc) is 2.71. The Bertz CT molecular complexity index is 1400. The van der Waals surface area contributed by atoms with Crippen LogP contribution in [0.2, 0.25) is 0 Å². The molecule has 0 heterocycles. The molecule has 0 unspecified atom stereocenters. The molecule has 0 fully saturated rings. The number of methoxy groups -OCH3 is 1. The third-order valence-corrected chi connectivity index (χ3v) is 6.84. The first-order valence-corrected chi connectivity index (χ1v) is 11.5. The van der Waals surface area contributed by atoms with Crippen molar-refractivity contribution >= 4 is 31.4 Å². The highest BCUT2D eigenvalue weighted by molar-refractivity contribution is 7.93. The number of ether oxygens (including phenoxy) is 1. The van der Waals surface area contributed by atoms with E-state index in [4.69, 9.17) is 4.74 Å². The number of halogens is 4. The van der Waals surface area contributed by atoms with Crippen molar-refractivity contribution in [1.82, 2.24) is 0 Å². The maximum atomic E-state index is 13.9. The molecule has 0 atom stereocenters. The highest BCUT2D eigenvalue weighted by Crippen LogP contribution is 2.30. The lowest BCUT2D eigenvalue weighted by molar-refractivity contribution is 0.402. The Morgan fingerprint density at radius 2 is 1.19 bits per heavy atom. The predicted molar refractivity (Wildman–Crippen MR) is 107 cm³/mol. The Hall–Kier alpha value is -3.32. The van der Waals surface area contributed by atoms with E-state index in [-0.39, 0.29) is 5.75 Å². The zero-order valence-corrected chi connectivity index (χ0v) is 17.7. The quantitative estimate of drug-likeness (QED) is 0.490. The van der Waals surface area contributed by atoms with Crippen molar-refractivity contribution in [3.63, 3.8) is 0 Å². The van der Waals surface area contributed by atoms with E-state index in [1.807, 2.05) is 9.44 Å². The first-order valence-electron chi connectivity index (χ1n) is 8.57. The molecule has 0 saturated carbocycles.